The fourth-order valence-corrected chi connectivity index (χ4v) is 3.05. The molecule has 2 heterocycles. The number of carbonyl (C=O) groups is 1. The van der Waals surface area contributed by atoms with Crippen molar-refractivity contribution in [1.82, 2.24) is 14.7 Å². The molecule has 0 spiro atoms. The summed E-state index contributed by atoms with van der Waals surface area (Å²) in [6.45, 7) is 0.414. The van der Waals surface area contributed by atoms with Gasteiger partial charge in [0, 0.05) is 18.3 Å². The molecule has 1 amide bonds. The fraction of sp³-hybridized carbons (Fsp3) is 0.263. The van der Waals surface area contributed by atoms with Crippen molar-refractivity contribution in [2.75, 3.05) is 12.4 Å². The Kier molecular flexibility index (Phi) is 4.16. The van der Waals surface area contributed by atoms with E-state index in [9.17, 15) is 13.6 Å². The van der Waals surface area contributed by atoms with Crippen LogP contribution in [0.3, 0.4) is 0 Å². The average molecular weight is 356 g/mol. The molecule has 1 fully saturated rings. The summed E-state index contributed by atoms with van der Waals surface area (Å²) in [5, 5.41) is 5.62. The van der Waals surface area contributed by atoms with E-state index in [0.29, 0.717) is 23.6 Å². The highest BCUT2D eigenvalue weighted by Gasteiger charge is 2.43. The van der Waals surface area contributed by atoms with E-state index in [4.69, 9.17) is 0 Å². The summed E-state index contributed by atoms with van der Waals surface area (Å²) in [7, 11) is 1.77. The molecule has 2 atom stereocenters. The van der Waals surface area contributed by atoms with Crippen LogP contribution in [0.25, 0.3) is 16.8 Å². The van der Waals surface area contributed by atoms with Gasteiger partial charge in [0.05, 0.1) is 12.1 Å². The second-order valence-electron chi connectivity index (χ2n) is 6.45. The summed E-state index contributed by atoms with van der Waals surface area (Å²) >= 11 is 0. The predicted molar refractivity (Wildman–Crippen MR) is 95.0 cm³/mol. The standard InChI is InChI=1S/C19H18F2N4O/c1-22-8-14-12(3-2-4-15(14)20)11-5-6-18-23-17(10-25(18)9-11)24-19(26)13-7-16(13)21/h2-6,9-10,13,16,22H,7-8H2,1H3,(H,24,26)/t13-,16+/m1/s1. The third-order valence-electron chi connectivity index (χ3n) is 4.54. The molecule has 0 unspecified atom stereocenters. The Bertz CT molecular complexity index is 985. The molecule has 7 heteroatoms. The van der Waals surface area contributed by atoms with Crippen LogP contribution in [0.1, 0.15) is 12.0 Å². The molecule has 5 nitrogen and oxygen atoms in total. The second-order valence-corrected chi connectivity index (χ2v) is 6.45. The molecule has 4 rings (SSSR count). The van der Waals surface area contributed by atoms with Gasteiger partial charge >= 0.3 is 0 Å². The number of alkyl halides is 1. The highest BCUT2D eigenvalue weighted by Crippen LogP contribution is 2.34. The van der Waals surface area contributed by atoms with Crippen LogP contribution in [0, 0.1) is 11.7 Å². The van der Waals surface area contributed by atoms with Gasteiger partial charge in [-0.3, -0.25) is 4.79 Å². The van der Waals surface area contributed by atoms with E-state index in [1.165, 1.54) is 6.07 Å². The fourth-order valence-electron chi connectivity index (χ4n) is 3.05. The molecule has 1 saturated carbocycles. The summed E-state index contributed by atoms with van der Waals surface area (Å²) in [6.07, 6.45) is 2.74. The summed E-state index contributed by atoms with van der Waals surface area (Å²) < 4.78 is 28.9. The Morgan fingerprint density at radius 3 is 2.85 bits per heavy atom. The van der Waals surface area contributed by atoms with Crippen LogP contribution in [0.15, 0.2) is 42.7 Å². The van der Waals surface area contributed by atoms with Crippen molar-refractivity contribution in [1.29, 1.82) is 0 Å². The van der Waals surface area contributed by atoms with Crippen LogP contribution in [0.5, 0.6) is 0 Å². The maximum Gasteiger partial charge on any atom is 0.231 e. The van der Waals surface area contributed by atoms with Crippen molar-refractivity contribution in [3.63, 3.8) is 0 Å². The first-order chi connectivity index (χ1) is 12.6. The quantitative estimate of drug-likeness (QED) is 0.738. The summed E-state index contributed by atoms with van der Waals surface area (Å²) in [5.74, 6) is -0.795. The Hall–Kier alpha value is -2.80. The van der Waals surface area contributed by atoms with Gasteiger partial charge in [-0.2, -0.15) is 0 Å². The molecule has 2 aromatic heterocycles. The lowest BCUT2D eigenvalue weighted by Crippen LogP contribution is -2.15. The third kappa shape index (κ3) is 3.06. The smallest absolute Gasteiger partial charge is 0.231 e. The van der Waals surface area contributed by atoms with Gasteiger partial charge in [0.25, 0.3) is 0 Å². The lowest BCUT2D eigenvalue weighted by molar-refractivity contribution is -0.117. The number of rotatable bonds is 5. The monoisotopic (exact) mass is 356 g/mol. The van der Waals surface area contributed by atoms with E-state index in [2.05, 4.69) is 15.6 Å². The van der Waals surface area contributed by atoms with E-state index in [-0.39, 0.29) is 18.1 Å². The molecule has 26 heavy (non-hydrogen) atoms. The molecule has 0 radical (unpaired) electrons. The summed E-state index contributed by atoms with van der Waals surface area (Å²) in [4.78, 5) is 16.2. The van der Waals surface area contributed by atoms with Crippen LogP contribution in [0.4, 0.5) is 14.6 Å². The number of carbonyl (C=O) groups excluding carboxylic acids is 1. The van der Waals surface area contributed by atoms with Gasteiger partial charge in [-0.25, -0.2) is 13.8 Å². The molecular formula is C19H18F2N4O. The van der Waals surface area contributed by atoms with E-state index in [1.54, 1.807) is 29.8 Å². The SMILES string of the molecule is CNCc1c(F)cccc1-c1ccc2nc(NC(=O)[C@@H]3C[C@@H]3F)cn2c1. The number of benzene rings is 1. The first kappa shape index (κ1) is 16.7. The van der Waals surface area contributed by atoms with E-state index in [1.807, 2.05) is 18.3 Å². The number of anilines is 1. The number of imidazole rings is 1. The molecule has 1 aromatic carbocycles. The zero-order chi connectivity index (χ0) is 18.3. The normalized spacial score (nSPS) is 18.9. The van der Waals surface area contributed by atoms with Crippen molar-refractivity contribution in [2.45, 2.75) is 19.1 Å². The minimum Gasteiger partial charge on any atom is -0.316 e. The second kappa shape index (κ2) is 6.49. The van der Waals surface area contributed by atoms with Gasteiger partial charge in [0.1, 0.15) is 17.6 Å². The molecule has 134 valence electrons. The van der Waals surface area contributed by atoms with E-state index in [0.717, 1.165) is 11.1 Å². The van der Waals surface area contributed by atoms with E-state index < -0.39 is 12.1 Å². The number of nitrogens with zero attached hydrogens (tertiary/aromatic N) is 2. The van der Waals surface area contributed by atoms with Crippen LogP contribution >= 0.6 is 0 Å². The van der Waals surface area contributed by atoms with Crippen molar-refractivity contribution in [3.05, 3.63) is 54.1 Å². The molecule has 1 aliphatic carbocycles. The average Bonchev–Trinajstić information content (AvgIpc) is 3.22. The molecule has 2 N–H and O–H groups in total. The summed E-state index contributed by atoms with van der Waals surface area (Å²) in [5.41, 5.74) is 2.86. The Labute approximate surface area is 149 Å². The minimum atomic E-state index is -1.04. The topological polar surface area (TPSA) is 58.4 Å². The van der Waals surface area contributed by atoms with Crippen LogP contribution in [-0.2, 0) is 11.3 Å². The number of amides is 1. The first-order valence-electron chi connectivity index (χ1n) is 8.43. The highest BCUT2D eigenvalue weighted by atomic mass is 19.1. The lowest BCUT2D eigenvalue weighted by Gasteiger charge is -2.11. The van der Waals surface area contributed by atoms with Crippen LogP contribution in [0.2, 0.25) is 0 Å². The maximum atomic E-state index is 14.2. The van der Waals surface area contributed by atoms with Gasteiger partial charge in [-0.1, -0.05) is 12.1 Å². The van der Waals surface area contributed by atoms with Crippen molar-refractivity contribution >= 4 is 17.4 Å². The highest BCUT2D eigenvalue weighted by molar-refractivity contribution is 5.94. The number of aromatic nitrogens is 2. The van der Waals surface area contributed by atoms with Gasteiger partial charge in [-0.05, 0) is 42.8 Å². The van der Waals surface area contributed by atoms with Gasteiger partial charge in [-0.15, -0.1) is 0 Å². The van der Waals surface area contributed by atoms with Crippen molar-refractivity contribution in [3.8, 4) is 11.1 Å². The Balaban J connectivity index is 1.66. The molecule has 0 saturated heterocycles. The first-order valence-corrected chi connectivity index (χ1v) is 8.43. The maximum absolute atomic E-state index is 14.2. The Morgan fingerprint density at radius 1 is 1.31 bits per heavy atom. The number of hydrogen-bond donors (Lipinski definition) is 2. The van der Waals surface area contributed by atoms with Crippen LogP contribution < -0.4 is 10.6 Å². The lowest BCUT2D eigenvalue weighted by atomic mass is 10.0. The Morgan fingerprint density at radius 2 is 2.12 bits per heavy atom. The van der Waals surface area contributed by atoms with Gasteiger partial charge in [0.15, 0.2) is 5.82 Å². The van der Waals surface area contributed by atoms with E-state index >= 15 is 0 Å². The van der Waals surface area contributed by atoms with Gasteiger partial charge < -0.3 is 15.0 Å². The van der Waals surface area contributed by atoms with Crippen molar-refractivity contribution in [2.24, 2.45) is 5.92 Å². The number of fused-ring (bicyclic) bond motifs is 1. The number of nitrogens with one attached hydrogen (secondary N) is 2. The molecule has 1 aliphatic rings. The number of hydrogen-bond acceptors (Lipinski definition) is 3. The predicted octanol–water partition coefficient (Wildman–Crippen LogP) is 3.16. The zero-order valence-corrected chi connectivity index (χ0v) is 14.2. The number of halogens is 2. The molecule has 0 aliphatic heterocycles. The molecular weight excluding hydrogens is 338 g/mol. The summed E-state index contributed by atoms with van der Waals surface area (Å²) in [6, 6.07) is 8.64. The van der Waals surface area contributed by atoms with Gasteiger partial charge in [0.2, 0.25) is 5.91 Å². The minimum absolute atomic E-state index is 0.263. The molecule has 3 aromatic rings. The molecule has 0 bridgehead atoms. The van der Waals surface area contributed by atoms with Crippen molar-refractivity contribution < 1.29 is 13.6 Å². The number of pyridine rings is 1. The zero-order valence-electron chi connectivity index (χ0n) is 14.2. The largest absolute Gasteiger partial charge is 0.316 e. The third-order valence-corrected chi connectivity index (χ3v) is 4.54. The van der Waals surface area contributed by atoms with Crippen LogP contribution in [-0.4, -0.2) is 28.5 Å².